The molecule has 0 fully saturated rings. The lowest BCUT2D eigenvalue weighted by Crippen LogP contribution is -2.33. The molecule has 0 aliphatic heterocycles. The van der Waals surface area contributed by atoms with Gasteiger partial charge in [-0.15, -0.1) is 0 Å². The lowest BCUT2D eigenvalue weighted by Gasteiger charge is -2.19. The van der Waals surface area contributed by atoms with E-state index >= 15 is 0 Å². The summed E-state index contributed by atoms with van der Waals surface area (Å²) >= 11 is 1.21. The summed E-state index contributed by atoms with van der Waals surface area (Å²) in [7, 11) is 1.52. The van der Waals surface area contributed by atoms with Crippen molar-refractivity contribution < 1.29 is 23.8 Å². The Balaban J connectivity index is 2.18. The summed E-state index contributed by atoms with van der Waals surface area (Å²) in [6.07, 6.45) is -0.475. The molecule has 8 heteroatoms. The highest BCUT2D eigenvalue weighted by atomic mass is 32.1. The van der Waals surface area contributed by atoms with Crippen LogP contribution in [0.15, 0.2) is 6.07 Å². The zero-order chi connectivity index (χ0) is 15.9. The SMILES string of the molecule is COc1cc(COC(=O)CCNC(=O)OC(C)(C)C)sn1. The topological polar surface area (TPSA) is 86.8 Å². The Morgan fingerprint density at radius 3 is 2.67 bits per heavy atom. The highest BCUT2D eigenvalue weighted by Crippen LogP contribution is 2.16. The number of amides is 1. The Bertz CT molecular complexity index is 481. The number of hydrogen-bond donors (Lipinski definition) is 1. The van der Waals surface area contributed by atoms with Crippen molar-refractivity contribution in [3.05, 3.63) is 10.9 Å². The number of alkyl carbamates (subject to hydrolysis) is 1. The van der Waals surface area contributed by atoms with Crippen LogP contribution < -0.4 is 10.1 Å². The van der Waals surface area contributed by atoms with Crippen LogP contribution in [0.2, 0.25) is 0 Å². The number of carbonyl (C=O) groups is 2. The van der Waals surface area contributed by atoms with Crippen molar-refractivity contribution in [3.8, 4) is 5.88 Å². The van der Waals surface area contributed by atoms with E-state index in [0.29, 0.717) is 5.88 Å². The maximum Gasteiger partial charge on any atom is 0.407 e. The average molecular weight is 316 g/mol. The zero-order valence-corrected chi connectivity index (χ0v) is 13.4. The van der Waals surface area contributed by atoms with Crippen LogP contribution in [0.25, 0.3) is 0 Å². The standard InChI is InChI=1S/C13H20N2O5S/c1-13(2,3)20-12(17)14-6-5-11(16)19-8-9-7-10(18-4)15-21-9/h7H,5-6,8H2,1-4H3,(H,14,17). The molecule has 21 heavy (non-hydrogen) atoms. The van der Waals surface area contributed by atoms with Crippen LogP contribution in [0.1, 0.15) is 32.1 Å². The fourth-order valence-electron chi connectivity index (χ4n) is 1.26. The summed E-state index contributed by atoms with van der Waals surface area (Å²) in [5, 5.41) is 2.49. The smallest absolute Gasteiger partial charge is 0.407 e. The van der Waals surface area contributed by atoms with Crippen LogP contribution in [0, 0.1) is 0 Å². The first-order valence-electron chi connectivity index (χ1n) is 6.42. The molecule has 0 radical (unpaired) electrons. The second-order valence-electron chi connectivity index (χ2n) is 5.17. The molecule has 0 atom stereocenters. The van der Waals surface area contributed by atoms with Crippen LogP contribution >= 0.6 is 11.5 Å². The van der Waals surface area contributed by atoms with Gasteiger partial charge in [-0.2, -0.15) is 4.37 Å². The highest BCUT2D eigenvalue weighted by molar-refractivity contribution is 7.05. The third-order valence-electron chi connectivity index (χ3n) is 2.12. The Hall–Kier alpha value is -1.83. The van der Waals surface area contributed by atoms with Crippen LogP contribution in [0.5, 0.6) is 5.88 Å². The van der Waals surface area contributed by atoms with Gasteiger partial charge in [0.2, 0.25) is 5.88 Å². The molecule has 118 valence electrons. The lowest BCUT2D eigenvalue weighted by molar-refractivity contribution is -0.144. The fourth-order valence-corrected chi connectivity index (χ4v) is 1.86. The predicted molar refractivity (Wildman–Crippen MR) is 77.3 cm³/mol. The van der Waals surface area contributed by atoms with Crippen molar-refractivity contribution in [2.75, 3.05) is 13.7 Å². The minimum atomic E-state index is -0.560. The minimum absolute atomic E-state index is 0.0786. The number of nitrogens with zero attached hydrogens (tertiary/aromatic N) is 1. The normalized spacial score (nSPS) is 10.9. The van der Waals surface area contributed by atoms with E-state index < -0.39 is 17.7 Å². The molecule has 0 aliphatic carbocycles. The summed E-state index contributed by atoms with van der Waals surface area (Å²) in [4.78, 5) is 23.6. The Kier molecular flexibility index (Phi) is 6.41. The van der Waals surface area contributed by atoms with E-state index in [-0.39, 0.29) is 19.6 Å². The molecule has 0 bridgehead atoms. The zero-order valence-electron chi connectivity index (χ0n) is 12.6. The van der Waals surface area contributed by atoms with Gasteiger partial charge in [-0.3, -0.25) is 4.79 Å². The molecule has 1 rings (SSSR count). The monoisotopic (exact) mass is 316 g/mol. The Labute approximate surface area is 127 Å². The summed E-state index contributed by atoms with van der Waals surface area (Å²) < 4.78 is 19.0. The molecule has 1 aromatic heterocycles. The number of aromatic nitrogens is 1. The van der Waals surface area contributed by atoms with E-state index in [1.165, 1.54) is 18.6 Å². The molecule has 0 unspecified atom stereocenters. The summed E-state index contributed by atoms with van der Waals surface area (Å²) in [5.41, 5.74) is -0.560. The van der Waals surface area contributed by atoms with Gasteiger partial charge in [0.05, 0.1) is 18.4 Å². The van der Waals surface area contributed by atoms with E-state index in [9.17, 15) is 9.59 Å². The predicted octanol–water partition coefficient (Wildman–Crippen LogP) is 2.11. The molecule has 0 saturated heterocycles. The number of nitrogens with one attached hydrogen (secondary N) is 1. The quantitative estimate of drug-likeness (QED) is 0.809. The second kappa shape index (κ2) is 7.82. The van der Waals surface area contributed by atoms with E-state index in [2.05, 4.69) is 9.69 Å². The molecule has 1 heterocycles. The first kappa shape index (κ1) is 17.2. The first-order valence-corrected chi connectivity index (χ1v) is 7.19. The molecule has 1 aromatic rings. The molecule has 7 nitrogen and oxygen atoms in total. The fraction of sp³-hybridized carbons (Fsp3) is 0.615. The van der Waals surface area contributed by atoms with Gasteiger partial charge in [0.15, 0.2) is 0 Å². The molecule has 0 saturated carbocycles. The van der Waals surface area contributed by atoms with Gasteiger partial charge in [0.25, 0.3) is 0 Å². The second-order valence-corrected chi connectivity index (χ2v) is 6.06. The molecule has 0 aliphatic rings. The van der Waals surface area contributed by atoms with E-state index in [0.717, 1.165) is 4.88 Å². The summed E-state index contributed by atoms with van der Waals surface area (Å²) in [5.74, 6) is 0.0936. The number of methoxy groups -OCH3 is 1. The summed E-state index contributed by atoms with van der Waals surface area (Å²) in [6.45, 7) is 5.62. The number of ether oxygens (including phenoxy) is 3. The maximum absolute atomic E-state index is 11.5. The first-order chi connectivity index (χ1) is 9.80. The van der Waals surface area contributed by atoms with Gasteiger partial charge in [-0.05, 0) is 32.3 Å². The van der Waals surface area contributed by atoms with E-state index in [1.54, 1.807) is 26.8 Å². The van der Waals surface area contributed by atoms with Gasteiger partial charge < -0.3 is 19.5 Å². The van der Waals surface area contributed by atoms with Gasteiger partial charge in [0.1, 0.15) is 12.2 Å². The van der Waals surface area contributed by atoms with Crippen LogP contribution in [-0.2, 0) is 20.9 Å². The van der Waals surface area contributed by atoms with E-state index in [4.69, 9.17) is 14.2 Å². The van der Waals surface area contributed by atoms with Crippen molar-refractivity contribution in [3.63, 3.8) is 0 Å². The van der Waals surface area contributed by atoms with Crippen LogP contribution in [0.4, 0.5) is 4.79 Å². The average Bonchev–Trinajstić information content (AvgIpc) is 2.82. The largest absolute Gasteiger partial charge is 0.480 e. The maximum atomic E-state index is 11.5. The van der Waals surface area contributed by atoms with Gasteiger partial charge >= 0.3 is 12.1 Å². The number of carbonyl (C=O) groups excluding carboxylic acids is 2. The van der Waals surface area contributed by atoms with Gasteiger partial charge in [0, 0.05) is 12.6 Å². The molecular weight excluding hydrogens is 296 g/mol. The van der Waals surface area contributed by atoms with Gasteiger partial charge in [-0.25, -0.2) is 4.79 Å². The number of rotatable bonds is 6. The van der Waals surface area contributed by atoms with Crippen molar-refractivity contribution in [2.24, 2.45) is 0 Å². The van der Waals surface area contributed by atoms with Crippen molar-refractivity contribution in [1.82, 2.24) is 9.69 Å². The van der Waals surface area contributed by atoms with Crippen molar-refractivity contribution >= 4 is 23.6 Å². The highest BCUT2D eigenvalue weighted by Gasteiger charge is 2.16. The summed E-state index contributed by atoms with van der Waals surface area (Å²) in [6, 6.07) is 1.71. The lowest BCUT2D eigenvalue weighted by atomic mass is 10.2. The molecule has 0 spiro atoms. The molecule has 1 amide bonds. The number of esters is 1. The Morgan fingerprint density at radius 1 is 1.38 bits per heavy atom. The minimum Gasteiger partial charge on any atom is -0.480 e. The van der Waals surface area contributed by atoms with Crippen molar-refractivity contribution in [1.29, 1.82) is 0 Å². The molecule has 0 aromatic carbocycles. The molecular formula is C13H20N2O5S. The van der Waals surface area contributed by atoms with Crippen molar-refractivity contribution in [2.45, 2.75) is 39.4 Å². The van der Waals surface area contributed by atoms with Crippen LogP contribution in [0.3, 0.4) is 0 Å². The third kappa shape index (κ3) is 7.50. The molecule has 1 N–H and O–H groups in total. The third-order valence-corrected chi connectivity index (χ3v) is 2.86. The van der Waals surface area contributed by atoms with Crippen LogP contribution in [-0.4, -0.2) is 35.7 Å². The number of hydrogen-bond acceptors (Lipinski definition) is 7. The Morgan fingerprint density at radius 2 is 2.10 bits per heavy atom. The van der Waals surface area contributed by atoms with Gasteiger partial charge in [-0.1, -0.05) is 0 Å². The van der Waals surface area contributed by atoms with E-state index in [1.807, 2.05) is 0 Å².